The van der Waals surface area contributed by atoms with Crippen LogP contribution in [0.3, 0.4) is 0 Å². The van der Waals surface area contributed by atoms with E-state index in [1.165, 1.54) is 12.8 Å². The summed E-state index contributed by atoms with van der Waals surface area (Å²) in [6.45, 7) is 8.70. The molecule has 2 aliphatic heterocycles. The van der Waals surface area contributed by atoms with Crippen molar-refractivity contribution in [2.45, 2.75) is 39.2 Å². The van der Waals surface area contributed by atoms with Gasteiger partial charge >= 0.3 is 0 Å². The molecule has 122 valence electrons. The van der Waals surface area contributed by atoms with Crippen molar-refractivity contribution in [2.75, 3.05) is 33.4 Å². The average Bonchev–Trinajstić information content (AvgIpc) is 3.23. The fourth-order valence-corrected chi connectivity index (χ4v) is 3.27. The number of aliphatic imine (C=N–C) groups is 1. The number of nitrogens with one attached hydrogen (secondary N) is 1. The van der Waals surface area contributed by atoms with Crippen LogP contribution in [0.25, 0.3) is 0 Å². The minimum absolute atomic E-state index is 0.342. The standard InChI is InChI=1S/C16H26N4O2/c1-12(2)14-8-13(22-19-14)9-18-15(17-3)20-6-4-16(10-20)5-7-21-11-16/h8,12H,4-7,9-11H2,1-3H3,(H,17,18). The van der Waals surface area contributed by atoms with Gasteiger partial charge in [-0.15, -0.1) is 0 Å². The molecule has 3 heterocycles. The van der Waals surface area contributed by atoms with Gasteiger partial charge in [-0.3, -0.25) is 4.99 Å². The first-order valence-electron chi connectivity index (χ1n) is 8.11. The molecule has 1 aromatic heterocycles. The first-order chi connectivity index (χ1) is 10.6. The van der Waals surface area contributed by atoms with E-state index >= 15 is 0 Å². The Balaban J connectivity index is 1.56. The summed E-state index contributed by atoms with van der Waals surface area (Å²) >= 11 is 0. The van der Waals surface area contributed by atoms with Crippen LogP contribution in [-0.4, -0.2) is 49.4 Å². The third-order valence-corrected chi connectivity index (χ3v) is 4.72. The number of guanidine groups is 1. The summed E-state index contributed by atoms with van der Waals surface area (Å²) in [6.07, 6.45) is 2.36. The fraction of sp³-hybridized carbons (Fsp3) is 0.750. The minimum Gasteiger partial charge on any atom is -0.381 e. The molecule has 2 saturated heterocycles. The van der Waals surface area contributed by atoms with Gasteiger partial charge < -0.3 is 19.5 Å². The molecule has 1 spiro atoms. The topological polar surface area (TPSA) is 62.9 Å². The Labute approximate surface area is 131 Å². The van der Waals surface area contributed by atoms with Gasteiger partial charge in [0.15, 0.2) is 11.7 Å². The lowest BCUT2D eigenvalue weighted by Crippen LogP contribution is -2.41. The molecule has 0 saturated carbocycles. The Kier molecular flexibility index (Phi) is 4.38. The molecule has 22 heavy (non-hydrogen) atoms. The van der Waals surface area contributed by atoms with Crippen LogP contribution < -0.4 is 5.32 Å². The smallest absolute Gasteiger partial charge is 0.194 e. The van der Waals surface area contributed by atoms with Gasteiger partial charge in [-0.25, -0.2) is 0 Å². The lowest BCUT2D eigenvalue weighted by Gasteiger charge is -2.24. The van der Waals surface area contributed by atoms with E-state index in [1.807, 2.05) is 13.1 Å². The van der Waals surface area contributed by atoms with E-state index in [0.717, 1.165) is 43.7 Å². The molecule has 0 aromatic carbocycles. The van der Waals surface area contributed by atoms with Gasteiger partial charge in [0.25, 0.3) is 0 Å². The van der Waals surface area contributed by atoms with Gasteiger partial charge in [0.2, 0.25) is 0 Å². The van der Waals surface area contributed by atoms with Crippen LogP contribution in [0.15, 0.2) is 15.6 Å². The molecule has 2 aliphatic rings. The van der Waals surface area contributed by atoms with E-state index in [9.17, 15) is 0 Å². The molecule has 1 atom stereocenters. The molecular weight excluding hydrogens is 280 g/mol. The first-order valence-corrected chi connectivity index (χ1v) is 8.11. The number of hydrogen-bond donors (Lipinski definition) is 1. The Morgan fingerprint density at radius 1 is 1.50 bits per heavy atom. The monoisotopic (exact) mass is 306 g/mol. The van der Waals surface area contributed by atoms with E-state index in [-0.39, 0.29) is 0 Å². The zero-order valence-corrected chi connectivity index (χ0v) is 13.8. The van der Waals surface area contributed by atoms with Crippen molar-refractivity contribution in [3.63, 3.8) is 0 Å². The summed E-state index contributed by atoms with van der Waals surface area (Å²) in [4.78, 5) is 6.74. The number of likely N-dealkylation sites (tertiary alicyclic amines) is 1. The Morgan fingerprint density at radius 3 is 3.00 bits per heavy atom. The summed E-state index contributed by atoms with van der Waals surface area (Å²) in [5, 5.41) is 7.48. The summed E-state index contributed by atoms with van der Waals surface area (Å²) in [7, 11) is 1.83. The molecule has 0 bridgehead atoms. The van der Waals surface area contributed by atoms with Crippen LogP contribution in [0, 0.1) is 5.41 Å². The number of hydrogen-bond acceptors (Lipinski definition) is 4. The molecule has 0 radical (unpaired) electrons. The second-order valence-corrected chi connectivity index (χ2v) is 6.75. The van der Waals surface area contributed by atoms with E-state index in [4.69, 9.17) is 9.26 Å². The van der Waals surface area contributed by atoms with Gasteiger partial charge in [-0.2, -0.15) is 0 Å². The zero-order chi connectivity index (χ0) is 15.6. The fourth-order valence-electron chi connectivity index (χ4n) is 3.27. The molecule has 3 rings (SSSR count). The van der Waals surface area contributed by atoms with Crippen molar-refractivity contribution < 1.29 is 9.26 Å². The van der Waals surface area contributed by atoms with Crippen molar-refractivity contribution in [1.29, 1.82) is 0 Å². The molecule has 1 N–H and O–H groups in total. The summed E-state index contributed by atoms with van der Waals surface area (Å²) in [6, 6.07) is 2.02. The number of rotatable bonds is 3. The van der Waals surface area contributed by atoms with E-state index in [0.29, 0.717) is 17.9 Å². The maximum atomic E-state index is 5.59. The average molecular weight is 306 g/mol. The Morgan fingerprint density at radius 2 is 2.36 bits per heavy atom. The predicted molar refractivity (Wildman–Crippen MR) is 84.8 cm³/mol. The quantitative estimate of drug-likeness (QED) is 0.683. The van der Waals surface area contributed by atoms with Gasteiger partial charge in [0.1, 0.15) is 0 Å². The number of ether oxygens (including phenoxy) is 1. The summed E-state index contributed by atoms with van der Waals surface area (Å²) in [5.41, 5.74) is 1.34. The van der Waals surface area contributed by atoms with Crippen LogP contribution >= 0.6 is 0 Å². The number of aromatic nitrogens is 1. The Bertz CT molecular complexity index is 532. The molecule has 1 unspecified atom stereocenters. The van der Waals surface area contributed by atoms with E-state index in [2.05, 4.69) is 34.2 Å². The van der Waals surface area contributed by atoms with Crippen LogP contribution in [-0.2, 0) is 11.3 Å². The van der Waals surface area contributed by atoms with Crippen molar-refractivity contribution in [1.82, 2.24) is 15.4 Å². The second-order valence-electron chi connectivity index (χ2n) is 6.75. The van der Waals surface area contributed by atoms with Crippen molar-refractivity contribution in [2.24, 2.45) is 10.4 Å². The molecular formula is C16H26N4O2. The van der Waals surface area contributed by atoms with Crippen LogP contribution in [0.4, 0.5) is 0 Å². The highest BCUT2D eigenvalue weighted by atomic mass is 16.5. The highest BCUT2D eigenvalue weighted by Gasteiger charge is 2.42. The number of nitrogens with zero attached hydrogens (tertiary/aromatic N) is 3. The van der Waals surface area contributed by atoms with Crippen LogP contribution in [0.2, 0.25) is 0 Å². The van der Waals surface area contributed by atoms with Gasteiger partial charge in [-0.1, -0.05) is 19.0 Å². The third-order valence-electron chi connectivity index (χ3n) is 4.72. The van der Waals surface area contributed by atoms with E-state index < -0.39 is 0 Å². The SMILES string of the molecule is CN=C(NCc1cc(C(C)C)no1)N1CCC2(CCOC2)C1. The highest BCUT2D eigenvalue weighted by molar-refractivity contribution is 5.80. The normalized spacial score (nSPS) is 25.6. The summed E-state index contributed by atoms with van der Waals surface area (Å²) < 4.78 is 11.0. The molecule has 1 aromatic rings. The molecule has 0 aliphatic carbocycles. The van der Waals surface area contributed by atoms with Crippen molar-refractivity contribution >= 4 is 5.96 Å². The lowest BCUT2D eigenvalue weighted by molar-refractivity contribution is 0.156. The van der Waals surface area contributed by atoms with E-state index in [1.54, 1.807) is 0 Å². The third kappa shape index (κ3) is 3.11. The van der Waals surface area contributed by atoms with Gasteiger partial charge in [-0.05, 0) is 18.8 Å². The first kappa shape index (κ1) is 15.3. The van der Waals surface area contributed by atoms with Gasteiger partial charge in [0, 0.05) is 38.2 Å². The van der Waals surface area contributed by atoms with Crippen molar-refractivity contribution in [3.05, 3.63) is 17.5 Å². The maximum absolute atomic E-state index is 5.59. The Hall–Kier alpha value is -1.56. The van der Waals surface area contributed by atoms with Crippen LogP contribution in [0.1, 0.15) is 44.1 Å². The summed E-state index contributed by atoms with van der Waals surface area (Å²) in [5.74, 6) is 2.17. The molecule has 2 fully saturated rings. The highest BCUT2D eigenvalue weighted by Crippen LogP contribution is 2.38. The van der Waals surface area contributed by atoms with Gasteiger partial charge in [0.05, 0.1) is 18.8 Å². The largest absolute Gasteiger partial charge is 0.381 e. The molecule has 6 heteroatoms. The lowest BCUT2D eigenvalue weighted by atomic mass is 9.87. The molecule has 0 amide bonds. The van der Waals surface area contributed by atoms with Crippen LogP contribution in [0.5, 0.6) is 0 Å². The maximum Gasteiger partial charge on any atom is 0.194 e. The second kappa shape index (κ2) is 6.28. The molecule has 6 nitrogen and oxygen atoms in total. The zero-order valence-electron chi connectivity index (χ0n) is 13.8. The van der Waals surface area contributed by atoms with Crippen molar-refractivity contribution in [3.8, 4) is 0 Å². The predicted octanol–water partition coefficient (Wildman–Crippen LogP) is 1.99. The minimum atomic E-state index is 0.342.